The number of benzene rings is 1. The van der Waals surface area contributed by atoms with E-state index in [4.69, 9.17) is 5.11 Å². The summed E-state index contributed by atoms with van der Waals surface area (Å²) < 4.78 is 1.22. The first-order valence-corrected chi connectivity index (χ1v) is 6.61. The Labute approximate surface area is 105 Å². The maximum Gasteiger partial charge on any atom is 0.0582 e. The molecule has 2 rings (SSSR count). The Morgan fingerprint density at radius 2 is 2.12 bits per heavy atom. The number of hydrogen-bond donors (Lipinski definition) is 2. The third-order valence-corrected chi connectivity index (χ3v) is 4.00. The molecule has 0 bridgehead atoms. The molecule has 2 N–H and O–H groups in total. The predicted octanol–water partition coefficient (Wildman–Crippen LogP) is 2.67. The number of rotatable bonds is 4. The molecule has 0 heterocycles. The van der Waals surface area contributed by atoms with Gasteiger partial charge in [-0.3, -0.25) is 0 Å². The summed E-state index contributed by atoms with van der Waals surface area (Å²) in [5.41, 5.74) is 1.41. The van der Waals surface area contributed by atoms with Crippen molar-refractivity contribution in [2.75, 3.05) is 6.61 Å². The Hall–Kier alpha value is -0.380. The van der Waals surface area contributed by atoms with Crippen molar-refractivity contribution in [3.8, 4) is 0 Å². The van der Waals surface area contributed by atoms with Crippen molar-refractivity contribution in [2.45, 2.75) is 37.8 Å². The molecule has 2 nitrogen and oxygen atoms in total. The minimum Gasteiger partial charge on any atom is -0.395 e. The van der Waals surface area contributed by atoms with Crippen LogP contribution in [-0.4, -0.2) is 23.8 Å². The highest BCUT2D eigenvalue weighted by molar-refractivity contribution is 9.10. The fourth-order valence-corrected chi connectivity index (χ4v) is 2.88. The lowest BCUT2D eigenvalue weighted by Crippen LogP contribution is -2.45. The minimum absolute atomic E-state index is 0.213. The predicted molar refractivity (Wildman–Crippen MR) is 69.6 cm³/mol. The van der Waals surface area contributed by atoms with Gasteiger partial charge in [0.1, 0.15) is 0 Å². The summed E-state index contributed by atoms with van der Waals surface area (Å²) in [6, 6.07) is 9.23. The van der Waals surface area contributed by atoms with Gasteiger partial charge in [0, 0.05) is 16.6 Å². The van der Waals surface area contributed by atoms with Crippen LogP contribution in [0, 0.1) is 0 Å². The third-order valence-electron chi connectivity index (χ3n) is 3.28. The van der Waals surface area contributed by atoms with E-state index in [9.17, 15) is 0 Å². The first-order chi connectivity index (χ1) is 7.70. The second-order valence-corrected chi connectivity index (χ2v) is 5.49. The average molecular weight is 284 g/mol. The summed E-state index contributed by atoms with van der Waals surface area (Å²) >= 11 is 3.60. The molecule has 1 aliphatic carbocycles. The zero-order chi connectivity index (χ0) is 11.5. The average Bonchev–Trinajstić information content (AvgIpc) is 2.24. The molecule has 0 spiro atoms. The van der Waals surface area contributed by atoms with Crippen molar-refractivity contribution in [3.05, 3.63) is 34.3 Å². The van der Waals surface area contributed by atoms with E-state index in [0.717, 1.165) is 0 Å². The van der Waals surface area contributed by atoms with Gasteiger partial charge in [-0.2, -0.15) is 0 Å². The highest BCUT2D eigenvalue weighted by atomic mass is 79.9. The van der Waals surface area contributed by atoms with Crippen LogP contribution in [0.15, 0.2) is 28.7 Å². The van der Waals surface area contributed by atoms with Gasteiger partial charge in [0.15, 0.2) is 0 Å². The summed E-state index contributed by atoms with van der Waals surface area (Å²) in [4.78, 5) is 0. The zero-order valence-corrected chi connectivity index (χ0v) is 11.1. The van der Waals surface area contributed by atoms with Gasteiger partial charge in [0.25, 0.3) is 0 Å². The summed E-state index contributed by atoms with van der Waals surface area (Å²) in [6.07, 6.45) is 2.35. The molecule has 1 aromatic carbocycles. The smallest absolute Gasteiger partial charge is 0.0582 e. The van der Waals surface area contributed by atoms with E-state index in [1.165, 1.54) is 22.9 Å². The number of halogens is 1. The molecule has 16 heavy (non-hydrogen) atoms. The molecule has 1 atom stereocenters. The van der Waals surface area contributed by atoms with Gasteiger partial charge in [-0.15, -0.1) is 0 Å². The van der Waals surface area contributed by atoms with Crippen molar-refractivity contribution in [1.29, 1.82) is 0 Å². The van der Waals surface area contributed by atoms with E-state index in [-0.39, 0.29) is 12.6 Å². The molecular weight excluding hydrogens is 266 g/mol. The van der Waals surface area contributed by atoms with Crippen LogP contribution in [0.1, 0.15) is 31.2 Å². The van der Waals surface area contributed by atoms with E-state index in [1.807, 2.05) is 6.92 Å². The highest BCUT2D eigenvalue weighted by Gasteiger charge is 2.31. The van der Waals surface area contributed by atoms with Crippen LogP contribution in [0.3, 0.4) is 0 Å². The van der Waals surface area contributed by atoms with Crippen molar-refractivity contribution in [3.63, 3.8) is 0 Å². The van der Waals surface area contributed by atoms with Crippen molar-refractivity contribution >= 4 is 15.9 Å². The molecule has 3 heteroatoms. The lowest BCUT2D eigenvalue weighted by atomic mass is 9.75. The van der Waals surface area contributed by atoms with Gasteiger partial charge in [0.2, 0.25) is 0 Å². The van der Waals surface area contributed by atoms with Crippen LogP contribution >= 0.6 is 15.9 Å². The molecule has 1 fully saturated rings. The molecule has 0 unspecified atom stereocenters. The van der Waals surface area contributed by atoms with Crippen LogP contribution in [-0.2, 0) is 0 Å². The lowest BCUT2D eigenvalue weighted by Gasteiger charge is -2.38. The summed E-state index contributed by atoms with van der Waals surface area (Å²) in [7, 11) is 0. The van der Waals surface area contributed by atoms with Crippen LogP contribution in [0.5, 0.6) is 0 Å². The van der Waals surface area contributed by atoms with E-state index in [1.54, 1.807) is 0 Å². The number of aliphatic hydroxyl groups excluding tert-OH is 1. The van der Waals surface area contributed by atoms with E-state index >= 15 is 0 Å². The standard InChI is InChI=1S/C13H18BrNO/c1-9(8-16)15-11-6-10(7-11)12-4-2-3-5-13(12)14/h2-5,9-11,15-16H,6-8H2,1H3/t9-,10?,11?/m1/s1. The van der Waals surface area contributed by atoms with Gasteiger partial charge in [-0.05, 0) is 37.3 Å². The molecule has 0 aromatic heterocycles. The van der Waals surface area contributed by atoms with Gasteiger partial charge in [0.05, 0.1) is 6.61 Å². The largest absolute Gasteiger partial charge is 0.395 e. The topological polar surface area (TPSA) is 32.3 Å². The Morgan fingerprint density at radius 3 is 2.75 bits per heavy atom. The van der Waals surface area contributed by atoms with E-state index in [0.29, 0.717) is 12.0 Å². The quantitative estimate of drug-likeness (QED) is 0.891. The van der Waals surface area contributed by atoms with Crippen LogP contribution in [0.4, 0.5) is 0 Å². The Bertz CT molecular complexity index is 350. The minimum atomic E-state index is 0.213. The maximum absolute atomic E-state index is 8.96. The first-order valence-electron chi connectivity index (χ1n) is 5.82. The normalized spacial score (nSPS) is 26.2. The Kier molecular flexibility index (Phi) is 4.00. The molecular formula is C13H18BrNO. The van der Waals surface area contributed by atoms with Gasteiger partial charge in [-0.25, -0.2) is 0 Å². The number of aliphatic hydroxyl groups is 1. The third kappa shape index (κ3) is 2.65. The molecule has 0 amide bonds. The molecule has 1 aromatic rings. The fraction of sp³-hybridized carbons (Fsp3) is 0.538. The van der Waals surface area contributed by atoms with Crippen molar-refractivity contribution in [2.24, 2.45) is 0 Å². The van der Waals surface area contributed by atoms with Crippen molar-refractivity contribution < 1.29 is 5.11 Å². The molecule has 0 radical (unpaired) electrons. The summed E-state index contributed by atoms with van der Waals surface area (Å²) in [5.74, 6) is 0.666. The van der Waals surface area contributed by atoms with Crippen LogP contribution in [0.2, 0.25) is 0 Å². The fourth-order valence-electron chi connectivity index (χ4n) is 2.27. The number of hydrogen-bond acceptors (Lipinski definition) is 2. The monoisotopic (exact) mass is 283 g/mol. The second-order valence-electron chi connectivity index (χ2n) is 4.64. The number of nitrogens with one attached hydrogen (secondary N) is 1. The van der Waals surface area contributed by atoms with E-state index in [2.05, 4.69) is 45.5 Å². The molecule has 88 valence electrons. The first kappa shape index (κ1) is 12.1. The SMILES string of the molecule is C[C@H](CO)NC1CC(c2ccccc2Br)C1. The highest BCUT2D eigenvalue weighted by Crippen LogP contribution is 2.40. The van der Waals surface area contributed by atoms with Gasteiger partial charge < -0.3 is 10.4 Å². The summed E-state index contributed by atoms with van der Waals surface area (Å²) in [5, 5.41) is 12.4. The summed E-state index contributed by atoms with van der Waals surface area (Å²) in [6.45, 7) is 2.24. The lowest BCUT2D eigenvalue weighted by molar-refractivity contribution is 0.204. The Balaban J connectivity index is 1.87. The maximum atomic E-state index is 8.96. The van der Waals surface area contributed by atoms with Crippen LogP contribution < -0.4 is 5.32 Å². The molecule has 0 aliphatic heterocycles. The molecule has 1 aliphatic rings. The Morgan fingerprint density at radius 1 is 1.44 bits per heavy atom. The molecule has 1 saturated carbocycles. The van der Waals surface area contributed by atoms with E-state index < -0.39 is 0 Å². The van der Waals surface area contributed by atoms with Crippen molar-refractivity contribution in [1.82, 2.24) is 5.32 Å². The molecule has 0 saturated heterocycles. The second kappa shape index (κ2) is 5.30. The van der Waals surface area contributed by atoms with Crippen LogP contribution in [0.25, 0.3) is 0 Å². The van der Waals surface area contributed by atoms with Gasteiger partial charge in [-0.1, -0.05) is 34.1 Å². The van der Waals surface area contributed by atoms with Gasteiger partial charge >= 0.3 is 0 Å². The zero-order valence-electron chi connectivity index (χ0n) is 9.49.